The molecule has 3 aromatic rings. The minimum atomic E-state index is -0.426. The Kier molecular flexibility index (Phi) is 4.00. The van der Waals surface area contributed by atoms with E-state index in [1.807, 2.05) is 10.7 Å². The number of rotatable bonds is 5. The zero-order chi connectivity index (χ0) is 17.4. The Morgan fingerprint density at radius 1 is 1.40 bits per heavy atom. The maximum atomic E-state index is 11.9. The van der Waals surface area contributed by atoms with Gasteiger partial charge in [0.05, 0.1) is 6.04 Å². The van der Waals surface area contributed by atoms with Gasteiger partial charge in [0.15, 0.2) is 0 Å². The highest BCUT2D eigenvalue weighted by atomic mass is 32.2. The van der Waals surface area contributed by atoms with E-state index in [0.717, 1.165) is 28.9 Å². The van der Waals surface area contributed by atoms with Crippen LogP contribution in [0.4, 0.5) is 5.69 Å². The molecule has 0 bridgehead atoms. The van der Waals surface area contributed by atoms with Crippen molar-refractivity contribution in [1.82, 2.24) is 20.2 Å². The minimum absolute atomic E-state index is 0.180. The van der Waals surface area contributed by atoms with Crippen LogP contribution in [0.2, 0.25) is 0 Å². The van der Waals surface area contributed by atoms with Crippen LogP contribution in [-0.4, -0.2) is 26.1 Å². The number of benzene rings is 1. The summed E-state index contributed by atoms with van der Waals surface area (Å²) in [5.74, 6) is 0.370. The number of hydrogen-bond acceptors (Lipinski definition) is 7. The molecule has 25 heavy (non-hydrogen) atoms. The molecule has 0 aliphatic heterocycles. The summed E-state index contributed by atoms with van der Waals surface area (Å²) < 4.78 is 7.11. The van der Waals surface area contributed by atoms with Gasteiger partial charge in [-0.05, 0) is 41.0 Å². The van der Waals surface area contributed by atoms with Gasteiger partial charge in [0.25, 0.3) is 0 Å². The van der Waals surface area contributed by atoms with E-state index in [4.69, 9.17) is 4.42 Å². The Balaban J connectivity index is 1.63. The third-order valence-corrected chi connectivity index (χ3v) is 4.84. The fraction of sp³-hybridized carbons (Fsp3) is 0.312. The fourth-order valence-electron chi connectivity index (χ4n) is 2.60. The van der Waals surface area contributed by atoms with Crippen LogP contribution in [0.5, 0.6) is 0 Å². The second-order valence-corrected chi connectivity index (χ2v) is 6.85. The van der Waals surface area contributed by atoms with Crippen LogP contribution in [0.15, 0.2) is 38.6 Å². The summed E-state index contributed by atoms with van der Waals surface area (Å²) in [4.78, 5) is 23.1. The van der Waals surface area contributed by atoms with Crippen LogP contribution in [-0.2, 0) is 10.5 Å². The smallest absolute Gasteiger partial charge is 0.336 e. The monoisotopic (exact) mass is 357 g/mol. The normalized spacial score (nSPS) is 14.0. The predicted octanol–water partition coefficient (Wildman–Crippen LogP) is 2.37. The molecule has 2 heterocycles. The van der Waals surface area contributed by atoms with E-state index in [0.29, 0.717) is 23.1 Å². The minimum Gasteiger partial charge on any atom is -0.423 e. The van der Waals surface area contributed by atoms with Crippen LogP contribution in [0.1, 0.15) is 31.4 Å². The maximum Gasteiger partial charge on any atom is 0.336 e. The number of amides is 1. The molecular formula is C16H15N5O3S. The standard InChI is InChI=1S/C16H15N5O3S/c1-9(22)17-11-2-5-13-10(6-15(23)24-14(13)7-11)8-25-16-18-19-20-21(16)12-3-4-12/h2,5-7,12H,3-4,8H2,1H3,(H,17,22). The van der Waals surface area contributed by atoms with Crippen molar-refractivity contribution in [3.8, 4) is 0 Å². The molecule has 1 N–H and O–H groups in total. The lowest BCUT2D eigenvalue weighted by atomic mass is 10.1. The maximum absolute atomic E-state index is 11.9. The number of hydrogen-bond donors (Lipinski definition) is 1. The van der Waals surface area contributed by atoms with Gasteiger partial charge in [-0.15, -0.1) is 5.10 Å². The Labute approximate surface area is 146 Å². The van der Waals surface area contributed by atoms with Crippen molar-refractivity contribution in [1.29, 1.82) is 0 Å². The van der Waals surface area contributed by atoms with Crippen LogP contribution in [0, 0.1) is 0 Å². The number of aromatic nitrogens is 4. The average Bonchev–Trinajstić information content (AvgIpc) is 3.30. The van der Waals surface area contributed by atoms with Gasteiger partial charge >= 0.3 is 5.63 Å². The van der Waals surface area contributed by atoms with Crippen LogP contribution in [0.3, 0.4) is 0 Å². The van der Waals surface area contributed by atoms with E-state index < -0.39 is 5.63 Å². The molecule has 128 valence electrons. The van der Waals surface area contributed by atoms with E-state index >= 15 is 0 Å². The van der Waals surface area contributed by atoms with E-state index in [1.165, 1.54) is 24.8 Å². The highest BCUT2D eigenvalue weighted by Gasteiger charge is 2.27. The topological polar surface area (TPSA) is 103 Å². The van der Waals surface area contributed by atoms with Gasteiger partial charge in [-0.3, -0.25) is 4.79 Å². The molecular weight excluding hydrogens is 342 g/mol. The second-order valence-electron chi connectivity index (χ2n) is 5.91. The zero-order valence-corrected chi connectivity index (χ0v) is 14.2. The lowest BCUT2D eigenvalue weighted by molar-refractivity contribution is -0.114. The first-order chi connectivity index (χ1) is 12.1. The number of nitrogens with one attached hydrogen (secondary N) is 1. The highest BCUT2D eigenvalue weighted by molar-refractivity contribution is 7.98. The third kappa shape index (κ3) is 3.41. The quantitative estimate of drug-likeness (QED) is 0.552. The van der Waals surface area contributed by atoms with Gasteiger partial charge in [0.1, 0.15) is 5.58 Å². The van der Waals surface area contributed by atoms with Crippen molar-refractivity contribution in [3.05, 3.63) is 40.2 Å². The summed E-state index contributed by atoms with van der Waals surface area (Å²) in [6, 6.07) is 7.16. The van der Waals surface area contributed by atoms with Crippen molar-refractivity contribution < 1.29 is 9.21 Å². The first-order valence-electron chi connectivity index (χ1n) is 7.85. The van der Waals surface area contributed by atoms with Gasteiger partial charge in [0.2, 0.25) is 11.1 Å². The molecule has 2 aromatic heterocycles. The number of tetrazole rings is 1. The Bertz CT molecular complexity index is 1010. The van der Waals surface area contributed by atoms with Crippen molar-refractivity contribution >= 4 is 34.3 Å². The number of anilines is 1. The van der Waals surface area contributed by atoms with Gasteiger partial charge in [-0.1, -0.05) is 11.8 Å². The van der Waals surface area contributed by atoms with Crippen molar-refractivity contribution in [2.24, 2.45) is 0 Å². The van der Waals surface area contributed by atoms with E-state index in [-0.39, 0.29) is 5.91 Å². The summed E-state index contributed by atoms with van der Waals surface area (Å²) in [5, 5.41) is 16.1. The molecule has 1 saturated carbocycles. The molecule has 9 heteroatoms. The molecule has 0 atom stereocenters. The van der Waals surface area contributed by atoms with E-state index in [1.54, 1.807) is 12.1 Å². The largest absolute Gasteiger partial charge is 0.423 e. The molecule has 1 aliphatic carbocycles. The van der Waals surface area contributed by atoms with Crippen LogP contribution in [0.25, 0.3) is 11.0 Å². The van der Waals surface area contributed by atoms with Crippen molar-refractivity contribution in [3.63, 3.8) is 0 Å². The summed E-state index contributed by atoms with van der Waals surface area (Å²) in [6.45, 7) is 1.43. The van der Waals surface area contributed by atoms with E-state index in [9.17, 15) is 9.59 Å². The molecule has 0 unspecified atom stereocenters. The predicted molar refractivity (Wildman–Crippen MR) is 92.4 cm³/mol. The van der Waals surface area contributed by atoms with Crippen molar-refractivity contribution in [2.45, 2.75) is 36.7 Å². The van der Waals surface area contributed by atoms with Gasteiger partial charge in [0, 0.05) is 35.9 Å². The lowest BCUT2D eigenvalue weighted by Crippen LogP contribution is -2.06. The van der Waals surface area contributed by atoms with Crippen LogP contribution < -0.4 is 10.9 Å². The molecule has 1 aliphatic rings. The summed E-state index contributed by atoms with van der Waals surface area (Å²) >= 11 is 1.49. The SMILES string of the molecule is CC(=O)Nc1ccc2c(CSc3nnnn3C3CC3)cc(=O)oc2c1. The van der Waals surface area contributed by atoms with Crippen molar-refractivity contribution in [2.75, 3.05) is 5.32 Å². The number of thioether (sulfide) groups is 1. The summed E-state index contributed by atoms with van der Waals surface area (Å²) in [7, 11) is 0. The summed E-state index contributed by atoms with van der Waals surface area (Å²) in [5.41, 5.74) is 1.45. The van der Waals surface area contributed by atoms with Gasteiger partial charge in [-0.25, -0.2) is 9.48 Å². The molecule has 0 spiro atoms. The first kappa shape index (κ1) is 15.8. The Morgan fingerprint density at radius 2 is 2.24 bits per heavy atom. The number of carbonyl (C=O) groups excluding carboxylic acids is 1. The first-order valence-corrected chi connectivity index (χ1v) is 8.84. The average molecular weight is 357 g/mol. The molecule has 0 saturated heterocycles. The lowest BCUT2D eigenvalue weighted by Gasteiger charge is -2.07. The Hall–Kier alpha value is -2.68. The zero-order valence-electron chi connectivity index (χ0n) is 13.4. The molecule has 4 rings (SSSR count). The fourth-order valence-corrected chi connectivity index (χ4v) is 3.54. The molecule has 1 aromatic carbocycles. The third-order valence-electron chi connectivity index (χ3n) is 3.86. The van der Waals surface area contributed by atoms with Gasteiger partial charge < -0.3 is 9.73 Å². The number of nitrogens with zero attached hydrogens (tertiary/aromatic N) is 4. The second kappa shape index (κ2) is 6.32. The van der Waals surface area contributed by atoms with Gasteiger partial charge in [-0.2, -0.15) is 0 Å². The van der Waals surface area contributed by atoms with Crippen LogP contribution >= 0.6 is 11.8 Å². The highest BCUT2D eigenvalue weighted by Crippen LogP contribution is 2.37. The molecule has 1 amide bonds. The molecule has 8 nitrogen and oxygen atoms in total. The molecule has 0 radical (unpaired) electrons. The molecule has 1 fully saturated rings. The van der Waals surface area contributed by atoms with E-state index in [2.05, 4.69) is 20.8 Å². The number of carbonyl (C=O) groups is 1. The Morgan fingerprint density at radius 3 is 3.00 bits per heavy atom. The number of fused-ring (bicyclic) bond motifs is 1. The summed E-state index contributed by atoms with van der Waals surface area (Å²) in [6.07, 6.45) is 2.20.